The third-order valence-corrected chi connectivity index (χ3v) is 12.2. The number of hydrogen-bond acceptors (Lipinski definition) is 9. The van der Waals surface area contributed by atoms with E-state index in [2.05, 4.69) is 41.1 Å². The Kier molecular flexibility index (Phi) is 11.1. The van der Waals surface area contributed by atoms with Crippen LogP contribution >= 0.6 is 0 Å². The molecule has 4 fully saturated rings. The summed E-state index contributed by atoms with van der Waals surface area (Å²) in [5, 5.41) is 16.6. The van der Waals surface area contributed by atoms with Crippen molar-refractivity contribution in [2.45, 2.75) is 83.3 Å². The summed E-state index contributed by atoms with van der Waals surface area (Å²) < 4.78 is 35.4. The number of carbonyl (C=O) groups is 1. The van der Waals surface area contributed by atoms with Crippen molar-refractivity contribution in [3.8, 4) is 5.75 Å². The van der Waals surface area contributed by atoms with Crippen LogP contribution in [0.4, 0.5) is 10.6 Å². The van der Waals surface area contributed by atoms with Gasteiger partial charge in [-0.15, -0.1) is 0 Å². The van der Waals surface area contributed by atoms with E-state index < -0.39 is 31.1 Å². The number of rotatable bonds is 15. The smallest absolute Gasteiger partial charge is 0.431 e. The number of urea groups is 1. The van der Waals surface area contributed by atoms with Gasteiger partial charge in [-0.25, -0.2) is 4.79 Å². The van der Waals surface area contributed by atoms with Crippen molar-refractivity contribution < 1.29 is 33.3 Å². The van der Waals surface area contributed by atoms with Gasteiger partial charge in [0, 0.05) is 18.5 Å². The highest BCUT2D eigenvalue weighted by atomic mass is 16.8. The Morgan fingerprint density at radius 3 is 1.77 bits per heavy atom. The van der Waals surface area contributed by atoms with E-state index >= 15 is 4.79 Å². The number of benzene rings is 5. The standard InChI is InChI=1S/C47H50B3N5O7/c1-47(2)61-43-41(26-33-14-7-4-8-15-33)52(28-36-20-13-21-38(24-36)58-30-35-18-11-6-12-19-35)46(56)53(42(44(43)62-47)27-34-16-9-5-10-17-34)29-37-22-23-40-39(25-37)45(51-55(40)48(3)57)54(49-31-59-49)50-32-60-50/h4-25,41-44,57H,26-32H2,1-3H3/t41-,42-,43+,44+/m1/s1. The van der Waals surface area contributed by atoms with Gasteiger partial charge in [-0.1, -0.05) is 109 Å². The quantitative estimate of drug-likeness (QED) is 0.0895. The average Bonchev–Trinajstić information content (AvgIpc) is 4.23. The van der Waals surface area contributed by atoms with Crippen LogP contribution in [0.25, 0.3) is 10.9 Å². The van der Waals surface area contributed by atoms with E-state index in [1.54, 1.807) is 11.4 Å². The Hall–Kier alpha value is -5.57. The molecule has 1 N–H and O–H groups in total. The van der Waals surface area contributed by atoms with Gasteiger partial charge in [-0.05, 0) is 85.6 Å². The van der Waals surface area contributed by atoms with Crippen LogP contribution in [-0.2, 0) is 51.3 Å². The lowest BCUT2D eigenvalue weighted by Gasteiger charge is -2.37. The van der Waals surface area contributed by atoms with Crippen LogP contribution in [0, 0.1) is 0 Å². The lowest BCUT2D eigenvalue weighted by molar-refractivity contribution is -0.157. The number of aromatic nitrogens is 2. The fourth-order valence-corrected chi connectivity index (χ4v) is 9.23. The predicted octanol–water partition coefficient (Wildman–Crippen LogP) is 6.68. The largest absolute Gasteiger partial charge is 0.489 e. The minimum Gasteiger partial charge on any atom is -0.489 e. The van der Waals surface area contributed by atoms with Crippen molar-refractivity contribution >= 4 is 43.9 Å². The predicted molar refractivity (Wildman–Crippen MR) is 240 cm³/mol. The van der Waals surface area contributed by atoms with Crippen molar-refractivity contribution in [1.29, 1.82) is 0 Å². The van der Waals surface area contributed by atoms with Gasteiger partial charge in [0.25, 0.3) is 0 Å². The van der Waals surface area contributed by atoms with Crippen molar-refractivity contribution in [2.75, 3.05) is 17.7 Å². The zero-order chi connectivity index (χ0) is 42.4. The molecule has 0 unspecified atom stereocenters. The topological polar surface area (TPSA) is 118 Å². The maximum absolute atomic E-state index is 15.9. The van der Waals surface area contributed by atoms with E-state index in [0.717, 1.165) is 44.5 Å². The number of amides is 2. The first kappa shape index (κ1) is 40.5. The molecule has 62 heavy (non-hydrogen) atoms. The van der Waals surface area contributed by atoms with E-state index in [1.807, 2.05) is 121 Å². The van der Waals surface area contributed by atoms with Gasteiger partial charge in [0.05, 0.1) is 30.6 Å². The minimum atomic E-state index is -0.898. The summed E-state index contributed by atoms with van der Waals surface area (Å²) >= 11 is 0. The second-order valence-corrected chi connectivity index (χ2v) is 17.3. The molecule has 15 heteroatoms. The van der Waals surface area contributed by atoms with Crippen LogP contribution in [0.1, 0.15) is 41.7 Å². The van der Waals surface area contributed by atoms with Crippen LogP contribution in [0.15, 0.2) is 133 Å². The van der Waals surface area contributed by atoms with Gasteiger partial charge in [-0.2, -0.15) is 5.10 Å². The van der Waals surface area contributed by atoms with Crippen molar-refractivity contribution in [3.63, 3.8) is 0 Å². The molecule has 4 atom stereocenters. The van der Waals surface area contributed by atoms with Gasteiger partial charge >= 0.3 is 27.2 Å². The summed E-state index contributed by atoms with van der Waals surface area (Å²) in [4.78, 5) is 19.9. The molecule has 10 rings (SSSR count). The molecule has 0 spiro atoms. The number of ether oxygens (including phenoxy) is 3. The normalized spacial score (nSPS) is 21.5. The molecule has 314 valence electrons. The molecule has 0 bridgehead atoms. The van der Waals surface area contributed by atoms with Gasteiger partial charge in [0.15, 0.2) is 5.79 Å². The average molecular weight is 829 g/mol. The maximum atomic E-state index is 15.9. The SMILES string of the molecule is CB(O)n1nc(N(B2CO2)B2CO2)c2cc(CN3C(=O)N(Cc4cccc(OCc5ccccc5)c4)[C@H](Cc4ccccc4)[C@@H]4OC(C)(C)O[C@H]4[C@H]3Cc3ccccc3)ccc21. The summed E-state index contributed by atoms with van der Waals surface area (Å²) in [5.41, 5.74) is 5.91. The molecule has 4 aliphatic rings. The molecule has 0 aliphatic carbocycles. The van der Waals surface area contributed by atoms with Gasteiger partial charge in [-0.3, -0.25) is 4.59 Å². The summed E-state index contributed by atoms with van der Waals surface area (Å²) in [5.74, 6) is 0.518. The maximum Gasteiger partial charge on any atom is 0.431 e. The molecule has 5 heterocycles. The molecule has 4 aliphatic heterocycles. The minimum absolute atomic E-state index is 0.110. The van der Waals surface area contributed by atoms with Gasteiger partial charge in [0.1, 0.15) is 30.4 Å². The van der Waals surface area contributed by atoms with Crippen molar-refractivity contribution in [3.05, 3.63) is 161 Å². The number of hydrogen-bond donors (Lipinski definition) is 1. The van der Waals surface area contributed by atoms with Crippen LogP contribution in [0.5, 0.6) is 5.75 Å². The highest BCUT2D eigenvalue weighted by molar-refractivity contribution is 6.84. The van der Waals surface area contributed by atoms with Crippen LogP contribution in [0.2, 0.25) is 6.82 Å². The Labute approximate surface area is 363 Å². The van der Waals surface area contributed by atoms with Gasteiger partial charge < -0.3 is 43.1 Å². The molecule has 0 saturated carbocycles. The Morgan fingerprint density at radius 2 is 1.24 bits per heavy atom. The van der Waals surface area contributed by atoms with Crippen LogP contribution in [0.3, 0.4) is 0 Å². The molecule has 5 aromatic carbocycles. The van der Waals surface area contributed by atoms with E-state index in [1.165, 1.54) is 0 Å². The van der Waals surface area contributed by atoms with E-state index in [4.69, 9.17) is 28.6 Å². The van der Waals surface area contributed by atoms with Gasteiger partial charge in [0.2, 0.25) is 0 Å². The highest BCUT2D eigenvalue weighted by Gasteiger charge is 2.56. The molecule has 6 aromatic rings. The highest BCUT2D eigenvalue weighted by Crippen LogP contribution is 2.41. The summed E-state index contributed by atoms with van der Waals surface area (Å²) in [6.07, 6.45) is 0.218. The summed E-state index contributed by atoms with van der Waals surface area (Å²) in [7, 11) is -1.16. The first-order valence-electron chi connectivity index (χ1n) is 21.6. The Balaban J connectivity index is 1.07. The number of fused-ring (bicyclic) bond motifs is 2. The third-order valence-electron chi connectivity index (χ3n) is 12.2. The second-order valence-electron chi connectivity index (χ2n) is 17.3. The lowest BCUT2D eigenvalue weighted by atomic mass is 9.76. The molecular formula is C47H50B3N5O7. The fourth-order valence-electron chi connectivity index (χ4n) is 9.23. The molecular weight excluding hydrogens is 779 g/mol. The van der Waals surface area contributed by atoms with Crippen molar-refractivity contribution in [1.82, 2.24) is 19.5 Å². The monoisotopic (exact) mass is 829 g/mol. The first-order chi connectivity index (χ1) is 30.2. The van der Waals surface area contributed by atoms with Crippen molar-refractivity contribution in [2.24, 2.45) is 0 Å². The number of nitrogens with zero attached hydrogens (tertiary/aromatic N) is 5. The molecule has 1 aromatic heterocycles. The van der Waals surface area contributed by atoms with Crippen LogP contribution < -0.4 is 9.46 Å². The Morgan fingerprint density at radius 1 is 0.726 bits per heavy atom. The number of carbonyl (C=O) groups excluding carboxylic acids is 1. The van der Waals surface area contributed by atoms with E-state index in [0.29, 0.717) is 44.8 Å². The molecule has 12 nitrogen and oxygen atoms in total. The second kappa shape index (κ2) is 17.0. The molecule has 0 radical (unpaired) electrons. The Bertz CT molecular complexity index is 2500. The zero-order valence-electron chi connectivity index (χ0n) is 35.3. The first-order valence-corrected chi connectivity index (χ1v) is 21.6. The van der Waals surface area contributed by atoms with Crippen LogP contribution in [-0.4, -0.2) is 94.8 Å². The zero-order valence-corrected chi connectivity index (χ0v) is 35.3. The molecule has 4 saturated heterocycles. The number of anilines is 1. The summed E-state index contributed by atoms with van der Waals surface area (Å²) in [6, 6.07) is 44.0. The van der Waals surface area contributed by atoms with E-state index in [-0.39, 0.29) is 32.7 Å². The van der Waals surface area contributed by atoms with E-state index in [9.17, 15) is 5.02 Å². The third kappa shape index (κ3) is 8.60. The lowest BCUT2D eigenvalue weighted by Crippen LogP contribution is -2.51. The summed E-state index contributed by atoms with van der Waals surface area (Å²) in [6.45, 7) is 7.84. The molecule has 2 amide bonds. The fraction of sp³-hybridized carbons (Fsp3) is 0.319.